The number of amides is 1. The van der Waals surface area contributed by atoms with E-state index in [1.54, 1.807) is 0 Å². The topological polar surface area (TPSA) is 121 Å². The second-order valence-electron chi connectivity index (χ2n) is 8.42. The van der Waals surface area contributed by atoms with Crippen molar-refractivity contribution in [3.8, 4) is 0 Å². The minimum absolute atomic E-state index is 0.0147. The van der Waals surface area contributed by atoms with Crippen molar-refractivity contribution >= 4 is 33.6 Å². The molecule has 0 radical (unpaired) electrons. The number of piperazine rings is 1. The van der Waals surface area contributed by atoms with Gasteiger partial charge in [0.25, 0.3) is 5.56 Å². The lowest BCUT2D eigenvalue weighted by Crippen LogP contribution is -2.57. The van der Waals surface area contributed by atoms with E-state index >= 15 is 0 Å². The Kier molecular flexibility index (Phi) is 4.80. The highest BCUT2D eigenvalue weighted by Gasteiger charge is 2.45. The zero-order chi connectivity index (χ0) is 20.9. The molecule has 0 saturated carbocycles. The van der Waals surface area contributed by atoms with Crippen molar-refractivity contribution < 1.29 is 13.7 Å². The SMILES string of the molecule is CS(=O)c1nc(N2CC3CCC(C2)N3C(=O)OC(C)(C)C)c2cn[nH]c(=O)c2n1. The van der Waals surface area contributed by atoms with E-state index in [0.29, 0.717) is 24.3 Å². The predicted molar refractivity (Wildman–Crippen MR) is 107 cm³/mol. The van der Waals surface area contributed by atoms with Crippen LogP contribution in [0.1, 0.15) is 33.6 Å². The Morgan fingerprint density at radius 3 is 2.48 bits per heavy atom. The van der Waals surface area contributed by atoms with Gasteiger partial charge in [-0.15, -0.1) is 0 Å². The minimum Gasteiger partial charge on any atom is -0.444 e. The third-order valence-electron chi connectivity index (χ3n) is 5.12. The van der Waals surface area contributed by atoms with Crippen LogP contribution in [0.5, 0.6) is 0 Å². The van der Waals surface area contributed by atoms with Crippen LogP contribution in [0.2, 0.25) is 0 Å². The van der Waals surface area contributed by atoms with Crippen molar-refractivity contribution in [2.24, 2.45) is 0 Å². The van der Waals surface area contributed by atoms with Gasteiger partial charge in [0.1, 0.15) is 16.9 Å². The molecule has 2 bridgehead atoms. The Balaban J connectivity index is 1.69. The molecule has 2 aromatic heterocycles. The van der Waals surface area contributed by atoms with Crippen molar-refractivity contribution in [3.63, 3.8) is 0 Å². The Labute approximate surface area is 170 Å². The average molecular weight is 420 g/mol. The molecule has 3 unspecified atom stereocenters. The third-order valence-corrected chi connectivity index (χ3v) is 5.82. The second kappa shape index (κ2) is 7.05. The first-order chi connectivity index (χ1) is 13.6. The van der Waals surface area contributed by atoms with Gasteiger partial charge in [-0.05, 0) is 33.6 Å². The summed E-state index contributed by atoms with van der Waals surface area (Å²) in [5.41, 5.74) is -0.839. The fourth-order valence-corrected chi connectivity index (χ4v) is 4.43. The quantitative estimate of drug-likeness (QED) is 0.715. The van der Waals surface area contributed by atoms with Gasteiger partial charge in [-0.1, -0.05) is 0 Å². The van der Waals surface area contributed by atoms with E-state index in [4.69, 9.17) is 4.74 Å². The summed E-state index contributed by atoms with van der Waals surface area (Å²) in [6, 6.07) is -0.0294. The molecule has 1 amide bonds. The molecule has 0 aliphatic carbocycles. The third kappa shape index (κ3) is 3.70. The van der Waals surface area contributed by atoms with E-state index in [1.165, 1.54) is 12.5 Å². The Hall–Kier alpha value is -2.56. The molecule has 1 N–H and O–H groups in total. The fourth-order valence-electron chi connectivity index (χ4n) is 4.00. The molecule has 2 aromatic rings. The number of rotatable bonds is 2. The number of H-pyrrole nitrogens is 1. The lowest BCUT2D eigenvalue weighted by molar-refractivity contribution is 0.0123. The first-order valence-electron chi connectivity index (χ1n) is 9.49. The van der Waals surface area contributed by atoms with Crippen LogP contribution in [0.25, 0.3) is 10.9 Å². The molecule has 2 aliphatic rings. The number of hydrogen-bond donors (Lipinski definition) is 1. The molecule has 156 valence electrons. The van der Waals surface area contributed by atoms with Crippen molar-refractivity contribution in [2.75, 3.05) is 24.2 Å². The van der Waals surface area contributed by atoms with Gasteiger partial charge in [0.15, 0.2) is 0 Å². The number of aromatic amines is 1. The molecule has 4 rings (SSSR count). The van der Waals surface area contributed by atoms with Crippen LogP contribution in [0, 0.1) is 0 Å². The maximum Gasteiger partial charge on any atom is 0.410 e. The van der Waals surface area contributed by atoms with Crippen LogP contribution in [0.15, 0.2) is 16.1 Å². The summed E-state index contributed by atoms with van der Waals surface area (Å²) in [5.74, 6) is 0.527. The summed E-state index contributed by atoms with van der Waals surface area (Å²) < 4.78 is 17.6. The highest BCUT2D eigenvalue weighted by Crippen LogP contribution is 2.35. The molecular formula is C18H24N6O4S. The molecule has 0 aromatic carbocycles. The van der Waals surface area contributed by atoms with Crippen molar-refractivity contribution in [3.05, 3.63) is 16.6 Å². The molecule has 10 nitrogen and oxygen atoms in total. The first-order valence-corrected chi connectivity index (χ1v) is 11.0. The van der Waals surface area contributed by atoms with Gasteiger partial charge in [-0.25, -0.2) is 19.9 Å². The minimum atomic E-state index is -1.44. The van der Waals surface area contributed by atoms with E-state index in [2.05, 4.69) is 20.2 Å². The number of fused-ring (bicyclic) bond motifs is 3. The monoisotopic (exact) mass is 420 g/mol. The number of hydrogen-bond acceptors (Lipinski definition) is 8. The lowest BCUT2D eigenvalue weighted by atomic mass is 10.1. The largest absolute Gasteiger partial charge is 0.444 e. The maximum atomic E-state index is 12.7. The predicted octanol–water partition coefficient (Wildman–Crippen LogP) is 1.04. The smallest absolute Gasteiger partial charge is 0.410 e. The van der Waals surface area contributed by atoms with E-state index in [9.17, 15) is 13.8 Å². The highest BCUT2D eigenvalue weighted by atomic mass is 32.2. The molecule has 4 heterocycles. The van der Waals surface area contributed by atoms with Gasteiger partial charge in [0, 0.05) is 19.3 Å². The number of nitrogens with zero attached hydrogens (tertiary/aromatic N) is 5. The number of anilines is 1. The number of carbonyl (C=O) groups is 1. The van der Waals surface area contributed by atoms with Gasteiger partial charge in [-0.2, -0.15) is 5.10 Å². The van der Waals surface area contributed by atoms with E-state index in [1.807, 2.05) is 30.6 Å². The van der Waals surface area contributed by atoms with Crippen LogP contribution in [0.3, 0.4) is 0 Å². The van der Waals surface area contributed by atoms with E-state index in [-0.39, 0.29) is 28.9 Å². The zero-order valence-corrected chi connectivity index (χ0v) is 17.7. The van der Waals surface area contributed by atoms with E-state index < -0.39 is 22.0 Å². The molecule has 2 aliphatic heterocycles. The van der Waals surface area contributed by atoms with Crippen LogP contribution in [-0.4, -0.2) is 72.4 Å². The summed E-state index contributed by atoms with van der Waals surface area (Å²) in [6.07, 6.45) is 4.43. The van der Waals surface area contributed by atoms with Gasteiger partial charge in [-0.3, -0.25) is 13.9 Å². The highest BCUT2D eigenvalue weighted by molar-refractivity contribution is 7.84. The van der Waals surface area contributed by atoms with Gasteiger partial charge >= 0.3 is 6.09 Å². The van der Waals surface area contributed by atoms with Crippen molar-refractivity contribution in [1.82, 2.24) is 25.1 Å². The molecule has 3 atom stereocenters. The van der Waals surface area contributed by atoms with Crippen molar-refractivity contribution in [2.45, 2.75) is 56.5 Å². The fraction of sp³-hybridized carbons (Fsp3) is 0.611. The molecule has 29 heavy (non-hydrogen) atoms. The Morgan fingerprint density at radius 2 is 1.90 bits per heavy atom. The maximum absolute atomic E-state index is 12.7. The molecule has 0 spiro atoms. The summed E-state index contributed by atoms with van der Waals surface area (Å²) in [6.45, 7) is 6.65. The normalized spacial score (nSPS) is 22.8. The standard InChI is InChI=1S/C18H24N6O4S/c1-18(2,3)28-17(26)24-10-5-6-11(24)9-23(8-10)14-12-7-19-22-15(25)13(12)20-16(21-14)29(4)27/h7,10-11H,5-6,8-9H2,1-4H3,(H,22,25). The molecular weight excluding hydrogens is 396 g/mol. The van der Waals surface area contributed by atoms with Gasteiger partial charge in [0.05, 0.1) is 34.5 Å². The first kappa shape index (κ1) is 19.7. The number of nitrogens with one attached hydrogen (secondary N) is 1. The number of carbonyl (C=O) groups excluding carboxylic acids is 1. The summed E-state index contributed by atoms with van der Waals surface area (Å²) >= 11 is 0. The number of ether oxygens (including phenoxy) is 1. The van der Waals surface area contributed by atoms with Gasteiger partial charge < -0.3 is 9.64 Å². The van der Waals surface area contributed by atoms with Gasteiger partial charge in [0.2, 0.25) is 5.16 Å². The average Bonchev–Trinajstić information content (AvgIpc) is 2.90. The zero-order valence-electron chi connectivity index (χ0n) is 16.8. The molecule has 2 saturated heterocycles. The summed E-state index contributed by atoms with van der Waals surface area (Å²) in [5, 5.41) is 6.85. The van der Waals surface area contributed by atoms with E-state index in [0.717, 1.165) is 12.8 Å². The second-order valence-corrected chi connectivity index (χ2v) is 9.70. The summed E-state index contributed by atoms with van der Waals surface area (Å²) in [7, 11) is -1.44. The van der Waals surface area contributed by atoms with Crippen LogP contribution >= 0.6 is 0 Å². The van der Waals surface area contributed by atoms with Crippen LogP contribution in [0.4, 0.5) is 10.6 Å². The molecule has 11 heteroatoms. The molecule has 2 fully saturated rings. The lowest BCUT2D eigenvalue weighted by Gasteiger charge is -2.42. The van der Waals surface area contributed by atoms with Crippen LogP contribution in [-0.2, 0) is 15.5 Å². The number of aromatic nitrogens is 4. The Morgan fingerprint density at radius 1 is 1.24 bits per heavy atom. The van der Waals surface area contributed by atoms with Crippen molar-refractivity contribution in [1.29, 1.82) is 0 Å². The summed E-state index contributed by atoms with van der Waals surface area (Å²) in [4.78, 5) is 37.4. The van der Waals surface area contributed by atoms with Crippen LogP contribution < -0.4 is 10.5 Å². The Bertz CT molecular complexity index is 1030.